The number of benzene rings is 8. The van der Waals surface area contributed by atoms with Crippen LogP contribution in [0.25, 0.3) is 98.3 Å². The van der Waals surface area contributed by atoms with Crippen LogP contribution in [0.1, 0.15) is 0 Å². The first-order chi connectivity index (χ1) is 24.2. The molecule has 8 aromatic carbocycles. The minimum absolute atomic E-state index is 0.264. The summed E-state index contributed by atoms with van der Waals surface area (Å²) < 4.78 is 14.2. The van der Waals surface area contributed by atoms with Crippen molar-refractivity contribution in [3.63, 3.8) is 0 Å². The van der Waals surface area contributed by atoms with Crippen LogP contribution in [-0.2, 0) is 0 Å². The van der Waals surface area contributed by atoms with E-state index in [0.29, 0.717) is 0 Å². The Kier molecular flexibility index (Phi) is 6.09. The third kappa shape index (κ3) is 4.19. The van der Waals surface area contributed by atoms with Gasteiger partial charge in [-0.2, -0.15) is 0 Å². The van der Waals surface area contributed by atoms with Gasteiger partial charge in [0.25, 0.3) is 0 Å². The van der Waals surface area contributed by atoms with E-state index in [0.717, 1.165) is 49.4 Å². The van der Waals surface area contributed by atoms with Gasteiger partial charge in [0.2, 0.25) is 0 Å². The van der Waals surface area contributed by atoms with Crippen molar-refractivity contribution < 1.29 is 4.39 Å². The number of fused-ring (bicyclic) bond motifs is 10. The van der Waals surface area contributed by atoms with Crippen LogP contribution in [0.2, 0.25) is 0 Å². The van der Waals surface area contributed by atoms with Gasteiger partial charge in [-0.05, 0) is 96.2 Å². The largest absolute Gasteiger partial charge is 0.264 e. The van der Waals surface area contributed by atoms with Crippen LogP contribution in [0.15, 0.2) is 164 Å². The molecule has 2 nitrogen and oxygen atoms in total. The van der Waals surface area contributed by atoms with E-state index in [1.165, 1.54) is 61.0 Å². The van der Waals surface area contributed by atoms with E-state index in [2.05, 4.69) is 126 Å². The first kappa shape index (κ1) is 27.6. The van der Waals surface area contributed by atoms with Crippen molar-refractivity contribution in [3.05, 3.63) is 170 Å². The summed E-state index contributed by atoms with van der Waals surface area (Å²) in [4.78, 5) is 9.90. The smallest absolute Gasteiger partial charge is 0.123 e. The maximum atomic E-state index is 14.2. The zero-order valence-electron chi connectivity index (χ0n) is 26.4. The van der Waals surface area contributed by atoms with Gasteiger partial charge in [0.15, 0.2) is 0 Å². The Bertz CT molecular complexity index is 2870. The Hall–Kier alpha value is -6.45. The molecule has 0 unspecified atom stereocenters. The lowest BCUT2D eigenvalue weighted by molar-refractivity contribution is 0.628. The summed E-state index contributed by atoms with van der Waals surface area (Å²) in [6.45, 7) is 0. The number of pyridine rings is 2. The lowest BCUT2D eigenvalue weighted by atomic mass is 9.85. The molecule has 0 saturated carbocycles. The van der Waals surface area contributed by atoms with E-state index < -0.39 is 0 Å². The fourth-order valence-corrected chi connectivity index (χ4v) is 7.91. The van der Waals surface area contributed by atoms with Crippen molar-refractivity contribution in [1.82, 2.24) is 9.97 Å². The highest BCUT2D eigenvalue weighted by atomic mass is 19.1. The fourth-order valence-electron chi connectivity index (χ4n) is 7.91. The minimum Gasteiger partial charge on any atom is -0.264 e. The first-order valence-electron chi connectivity index (χ1n) is 16.5. The molecule has 0 fully saturated rings. The molecule has 10 aromatic rings. The molecular formula is C46H27FN2. The summed E-state index contributed by atoms with van der Waals surface area (Å²) in [5.74, 6) is -0.264. The Morgan fingerprint density at radius 3 is 1.47 bits per heavy atom. The summed E-state index contributed by atoms with van der Waals surface area (Å²) in [7, 11) is 0. The van der Waals surface area contributed by atoms with Gasteiger partial charge in [-0.15, -0.1) is 0 Å². The highest BCUT2D eigenvalue weighted by Gasteiger charge is 2.20. The molecule has 0 aliphatic heterocycles. The van der Waals surface area contributed by atoms with E-state index in [9.17, 15) is 4.39 Å². The van der Waals surface area contributed by atoms with Crippen LogP contribution in [0, 0.1) is 5.82 Å². The fraction of sp³-hybridized carbons (Fsp3) is 0. The molecule has 0 bridgehead atoms. The van der Waals surface area contributed by atoms with Crippen molar-refractivity contribution in [2.45, 2.75) is 0 Å². The summed E-state index contributed by atoms with van der Waals surface area (Å²) in [5, 5.41) is 12.7. The van der Waals surface area contributed by atoms with Gasteiger partial charge < -0.3 is 0 Å². The number of hydrogen-bond acceptors (Lipinski definition) is 2. The van der Waals surface area contributed by atoms with Crippen molar-refractivity contribution in [1.29, 1.82) is 0 Å². The van der Waals surface area contributed by atoms with Gasteiger partial charge in [0.05, 0.1) is 11.2 Å². The highest BCUT2D eigenvalue weighted by Crippen LogP contribution is 2.46. The van der Waals surface area contributed by atoms with Gasteiger partial charge in [0, 0.05) is 39.7 Å². The topological polar surface area (TPSA) is 25.8 Å². The summed E-state index contributed by atoms with van der Waals surface area (Å²) in [6, 6.07) is 52.1. The molecule has 49 heavy (non-hydrogen) atoms. The van der Waals surface area contributed by atoms with Crippen LogP contribution in [0.4, 0.5) is 4.39 Å². The zero-order valence-corrected chi connectivity index (χ0v) is 26.4. The standard InChI is InChI=1S/C46H27FN2/c47-31-22-19-28(20-23-31)46-45-35-14-4-2-12-33(35)32-11-1-3-13-34(32)44(45)40-24-21-29(26-41(40)49-46)42-36-15-5-7-17-38(36)43(30-10-9-25-48-27-30)39-18-8-6-16-37(39)42/h1-27H. The Labute approximate surface area is 281 Å². The third-order valence-corrected chi connectivity index (χ3v) is 9.96. The monoisotopic (exact) mass is 626 g/mol. The molecule has 0 amide bonds. The van der Waals surface area contributed by atoms with Crippen molar-refractivity contribution in [2.24, 2.45) is 0 Å². The van der Waals surface area contributed by atoms with Crippen molar-refractivity contribution in [3.8, 4) is 33.5 Å². The summed E-state index contributed by atoms with van der Waals surface area (Å²) in [5.41, 5.74) is 7.18. The average Bonchev–Trinajstić information content (AvgIpc) is 3.17. The Balaban J connectivity index is 1.35. The van der Waals surface area contributed by atoms with Crippen LogP contribution < -0.4 is 0 Å². The number of rotatable bonds is 3. The Morgan fingerprint density at radius 2 is 0.898 bits per heavy atom. The SMILES string of the molecule is Fc1ccc(-c2nc3cc(-c4c5ccccc5c(-c5cccnc5)c5ccccc45)ccc3c3c4ccccc4c4ccccc4c23)cc1. The zero-order chi connectivity index (χ0) is 32.5. The molecule has 228 valence electrons. The van der Waals surface area contributed by atoms with Crippen molar-refractivity contribution >= 4 is 64.8 Å². The number of hydrogen-bond donors (Lipinski definition) is 0. The van der Waals surface area contributed by atoms with E-state index >= 15 is 0 Å². The third-order valence-electron chi connectivity index (χ3n) is 9.96. The second kappa shape index (κ2) is 10.8. The molecule has 0 aliphatic rings. The maximum absolute atomic E-state index is 14.2. The molecule has 0 saturated heterocycles. The van der Waals surface area contributed by atoms with Gasteiger partial charge in [-0.25, -0.2) is 9.37 Å². The van der Waals surface area contributed by atoms with Gasteiger partial charge in [-0.1, -0.05) is 115 Å². The molecule has 0 atom stereocenters. The van der Waals surface area contributed by atoms with Crippen LogP contribution in [-0.4, -0.2) is 9.97 Å². The minimum atomic E-state index is -0.264. The molecule has 2 heterocycles. The maximum Gasteiger partial charge on any atom is 0.123 e. The van der Waals surface area contributed by atoms with Crippen LogP contribution >= 0.6 is 0 Å². The van der Waals surface area contributed by atoms with E-state index in [1.54, 1.807) is 0 Å². The number of nitrogens with zero attached hydrogens (tertiary/aromatic N) is 2. The van der Waals surface area contributed by atoms with Gasteiger partial charge in [-0.3, -0.25) is 4.98 Å². The lowest BCUT2D eigenvalue weighted by Gasteiger charge is -2.19. The van der Waals surface area contributed by atoms with Crippen LogP contribution in [0.3, 0.4) is 0 Å². The second-order valence-electron chi connectivity index (χ2n) is 12.6. The molecule has 2 aromatic heterocycles. The average molecular weight is 627 g/mol. The van der Waals surface area contributed by atoms with Gasteiger partial charge >= 0.3 is 0 Å². The Morgan fingerprint density at radius 1 is 0.388 bits per heavy atom. The predicted molar refractivity (Wildman–Crippen MR) is 203 cm³/mol. The van der Waals surface area contributed by atoms with Gasteiger partial charge in [0.1, 0.15) is 5.82 Å². The molecule has 0 radical (unpaired) electrons. The molecular weight excluding hydrogens is 600 g/mol. The molecule has 0 spiro atoms. The molecule has 0 aliphatic carbocycles. The normalized spacial score (nSPS) is 11.8. The second-order valence-corrected chi connectivity index (χ2v) is 12.6. The van der Waals surface area contributed by atoms with Crippen LogP contribution in [0.5, 0.6) is 0 Å². The molecule has 3 heteroatoms. The number of halogens is 1. The number of aromatic nitrogens is 2. The molecule has 10 rings (SSSR count). The van der Waals surface area contributed by atoms with E-state index in [1.807, 2.05) is 30.6 Å². The molecule has 0 N–H and O–H groups in total. The quantitative estimate of drug-likeness (QED) is 0.144. The van der Waals surface area contributed by atoms with E-state index in [4.69, 9.17) is 4.98 Å². The van der Waals surface area contributed by atoms with Crippen molar-refractivity contribution in [2.75, 3.05) is 0 Å². The lowest BCUT2D eigenvalue weighted by Crippen LogP contribution is -1.94. The highest BCUT2D eigenvalue weighted by molar-refractivity contribution is 6.34. The predicted octanol–water partition coefficient (Wildman–Crippen LogP) is 12.5. The first-order valence-corrected chi connectivity index (χ1v) is 16.5. The summed E-state index contributed by atoms with van der Waals surface area (Å²) >= 11 is 0. The van der Waals surface area contributed by atoms with E-state index in [-0.39, 0.29) is 5.82 Å². The summed E-state index contributed by atoms with van der Waals surface area (Å²) in [6.07, 6.45) is 3.77.